The Kier molecular flexibility index (Phi) is 10.1. The standard InChI is InChI=1S/C28H37N3O7S/c1-19(2)22-8-6-21(7-9-22)17-29-28(34)25-18-30(20(3)32)14-15-31(25)39(35,36)24-11-12-26(37-4)23(16-24)10-13-27(33)38-5/h6-9,11-12,16,19,25H,10,13-15,17-18H2,1-5H3,(H,29,34). The van der Waals surface area contributed by atoms with Gasteiger partial charge in [0.25, 0.3) is 0 Å². The van der Waals surface area contributed by atoms with Gasteiger partial charge in [0, 0.05) is 39.5 Å². The van der Waals surface area contributed by atoms with E-state index in [0.29, 0.717) is 17.2 Å². The summed E-state index contributed by atoms with van der Waals surface area (Å²) in [7, 11) is -1.39. The van der Waals surface area contributed by atoms with E-state index in [-0.39, 0.29) is 49.8 Å². The molecule has 1 N–H and O–H groups in total. The minimum atomic E-state index is -4.13. The SMILES string of the molecule is COC(=O)CCc1cc(S(=O)(=O)N2CCN(C(C)=O)CC2C(=O)NCc2ccc(C(C)C)cc2)ccc1OC. The highest BCUT2D eigenvalue weighted by Gasteiger charge is 2.41. The lowest BCUT2D eigenvalue weighted by Crippen LogP contribution is -2.61. The molecule has 2 aromatic carbocycles. The quantitative estimate of drug-likeness (QED) is 0.444. The Hall–Kier alpha value is -3.44. The van der Waals surface area contributed by atoms with Gasteiger partial charge >= 0.3 is 5.97 Å². The topological polar surface area (TPSA) is 122 Å². The summed E-state index contributed by atoms with van der Waals surface area (Å²) in [6.45, 7) is 5.89. The Bertz CT molecular complexity index is 1290. The monoisotopic (exact) mass is 559 g/mol. The van der Waals surface area contributed by atoms with Gasteiger partial charge in [-0.1, -0.05) is 38.1 Å². The van der Waals surface area contributed by atoms with Crippen LogP contribution in [0.5, 0.6) is 5.75 Å². The van der Waals surface area contributed by atoms with E-state index in [1.807, 2.05) is 24.3 Å². The Morgan fingerprint density at radius 3 is 2.33 bits per heavy atom. The molecule has 0 spiro atoms. The summed E-state index contributed by atoms with van der Waals surface area (Å²) in [5.74, 6) is -0.329. The number of aryl methyl sites for hydroxylation is 1. The summed E-state index contributed by atoms with van der Waals surface area (Å²) < 4.78 is 38.8. The Morgan fingerprint density at radius 1 is 1.05 bits per heavy atom. The number of rotatable bonds is 10. The molecule has 0 bridgehead atoms. The van der Waals surface area contributed by atoms with Crippen LogP contribution < -0.4 is 10.1 Å². The van der Waals surface area contributed by atoms with Crippen LogP contribution in [0.25, 0.3) is 0 Å². The van der Waals surface area contributed by atoms with Gasteiger partial charge in [0.05, 0.1) is 19.1 Å². The number of methoxy groups -OCH3 is 2. The minimum Gasteiger partial charge on any atom is -0.496 e. The van der Waals surface area contributed by atoms with Crippen LogP contribution in [0, 0.1) is 0 Å². The summed E-state index contributed by atoms with van der Waals surface area (Å²) in [5.41, 5.74) is 2.58. The first-order valence-corrected chi connectivity index (χ1v) is 14.3. The molecule has 212 valence electrons. The molecule has 1 saturated heterocycles. The van der Waals surface area contributed by atoms with E-state index < -0.39 is 27.9 Å². The summed E-state index contributed by atoms with van der Waals surface area (Å²) in [5, 5.41) is 2.84. The third-order valence-electron chi connectivity index (χ3n) is 6.88. The molecule has 10 nitrogen and oxygen atoms in total. The molecule has 1 unspecified atom stereocenters. The highest BCUT2D eigenvalue weighted by Crippen LogP contribution is 2.28. The molecule has 2 aromatic rings. The maximum atomic E-state index is 13.8. The van der Waals surface area contributed by atoms with E-state index in [1.54, 1.807) is 0 Å². The fourth-order valence-corrected chi connectivity index (χ4v) is 6.09. The molecule has 1 fully saturated rings. The Morgan fingerprint density at radius 2 is 1.74 bits per heavy atom. The van der Waals surface area contributed by atoms with Gasteiger partial charge in [-0.05, 0) is 47.2 Å². The van der Waals surface area contributed by atoms with Crippen LogP contribution >= 0.6 is 0 Å². The molecule has 1 atom stereocenters. The first kappa shape index (κ1) is 30.1. The summed E-state index contributed by atoms with van der Waals surface area (Å²) in [4.78, 5) is 38.6. The Balaban J connectivity index is 1.86. The van der Waals surface area contributed by atoms with Crippen molar-refractivity contribution in [3.8, 4) is 5.75 Å². The van der Waals surface area contributed by atoms with Gasteiger partial charge in [0.2, 0.25) is 21.8 Å². The van der Waals surface area contributed by atoms with Gasteiger partial charge in [0.15, 0.2) is 0 Å². The molecule has 0 saturated carbocycles. The van der Waals surface area contributed by atoms with E-state index in [0.717, 1.165) is 9.87 Å². The number of amides is 2. The molecule has 39 heavy (non-hydrogen) atoms. The van der Waals surface area contributed by atoms with Crippen LogP contribution in [-0.4, -0.2) is 75.3 Å². The van der Waals surface area contributed by atoms with Crippen LogP contribution in [-0.2, 0) is 42.1 Å². The molecule has 11 heteroatoms. The fraction of sp³-hybridized carbons (Fsp3) is 0.464. The first-order chi connectivity index (χ1) is 18.5. The normalized spacial score (nSPS) is 16.2. The van der Waals surface area contributed by atoms with E-state index in [1.165, 1.54) is 49.8 Å². The van der Waals surface area contributed by atoms with Crippen molar-refractivity contribution in [3.63, 3.8) is 0 Å². The van der Waals surface area contributed by atoms with Gasteiger partial charge in [-0.15, -0.1) is 0 Å². The molecule has 0 aliphatic carbocycles. The lowest BCUT2D eigenvalue weighted by Gasteiger charge is -2.39. The molecule has 3 rings (SSSR count). The van der Waals surface area contributed by atoms with Crippen molar-refractivity contribution in [2.45, 2.75) is 57.0 Å². The van der Waals surface area contributed by atoms with Crippen molar-refractivity contribution in [1.29, 1.82) is 0 Å². The second-order valence-corrected chi connectivity index (χ2v) is 11.7. The lowest BCUT2D eigenvalue weighted by molar-refractivity contribution is -0.140. The number of ether oxygens (including phenoxy) is 2. The number of hydrogen-bond donors (Lipinski definition) is 1. The summed E-state index contributed by atoms with van der Waals surface area (Å²) in [6.07, 6.45) is 0.271. The number of sulfonamides is 1. The van der Waals surface area contributed by atoms with Gasteiger partial charge in [0.1, 0.15) is 11.8 Å². The number of nitrogens with one attached hydrogen (secondary N) is 1. The average Bonchev–Trinajstić information content (AvgIpc) is 2.94. The number of benzene rings is 2. The van der Waals surface area contributed by atoms with Crippen molar-refractivity contribution in [2.24, 2.45) is 0 Å². The van der Waals surface area contributed by atoms with Gasteiger partial charge < -0.3 is 19.7 Å². The van der Waals surface area contributed by atoms with E-state index >= 15 is 0 Å². The smallest absolute Gasteiger partial charge is 0.305 e. The number of carbonyl (C=O) groups is 3. The maximum absolute atomic E-state index is 13.8. The average molecular weight is 560 g/mol. The summed E-state index contributed by atoms with van der Waals surface area (Å²) >= 11 is 0. The second kappa shape index (κ2) is 13.1. The maximum Gasteiger partial charge on any atom is 0.305 e. The predicted molar refractivity (Wildman–Crippen MR) is 146 cm³/mol. The van der Waals surface area contributed by atoms with Crippen LogP contribution in [0.1, 0.15) is 49.8 Å². The van der Waals surface area contributed by atoms with Gasteiger partial charge in [-0.3, -0.25) is 14.4 Å². The van der Waals surface area contributed by atoms with Crippen molar-refractivity contribution >= 4 is 27.8 Å². The minimum absolute atomic E-state index is 0.0264. The third-order valence-corrected chi connectivity index (χ3v) is 8.78. The zero-order valence-electron chi connectivity index (χ0n) is 23.1. The fourth-order valence-electron chi connectivity index (χ4n) is 4.47. The van der Waals surface area contributed by atoms with E-state index in [2.05, 4.69) is 19.2 Å². The van der Waals surface area contributed by atoms with Crippen molar-refractivity contribution in [2.75, 3.05) is 33.9 Å². The molecular formula is C28H37N3O7S. The van der Waals surface area contributed by atoms with E-state index in [9.17, 15) is 22.8 Å². The third kappa shape index (κ3) is 7.36. The lowest BCUT2D eigenvalue weighted by atomic mass is 10.0. The number of hydrogen-bond acceptors (Lipinski definition) is 7. The number of carbonyl (C=O) groups excluding carboxylic acids is 3. The van der Waals surface area contributed by atoms with Crippen LogP contribution in [0.2, 0.25) is 0 Å². The van der Waals surface area contributed by atoms with Gasteiger partial charge in [-0.25, -0.2) is 8.42 Å². The number of piperazine rings is 1. The van der Waals surface area contributed by atoms with Crippen molar-refractivity contribution < 1.29 is 32.3 Å². The predicted octanol–water partition coefficient (Wildman–Crippen LogP) is 2.46. The summed E-state index contributed by atoms with van der Waals surface area (Å²) in [6, 6.07) is 11.2. The van der Waals surface area contributed by atoms with Crippen molar-refractivity contribution in [3.05, 3.63) is 59.2 Å². The molecule has 1 heterocycles. The molecule has 0 radical (unpaired) electrons. The molecular weight excluding hydrogens is 522 g/mol. The number of nitrogens with zero attached hydrogens (tertiary/aromatic N) is 2. The second-order valence-electron chi connectivity index (χ2n) is 9.76. The molecule has 2 amide bonds. The van der Waals surface area contributed by atoms with Crippen LogP contribution in [0.3, 0.4) is 0 Å². The van der Waals surface area contributed by atoms with Crippen LogP contribution in [0.4, 0.5) is 0 Å². The van der Waals surface area contributed by atoms with E-state index in [4.69, 9.17) is 9.47 Å². The first-order valence-electron chi connectivity index (χ1n) is 12.9. The Labute approximate surface area is 230 Å². The van der Waals surface area contributed by atoms with Crippen LogP contribution in [0.15, 0.2) is 47.4 Å². The zero-order chi connectivity index (χ0) is 28.7. The largest absolute Gasteiger partial charge is 0.496 e. The molecule has 1 aliphatic heterocycles. The van der Waals surface area contributed by atoms with Crippen molar-refractivity contribution in [1.82, 2.24) is 14.5 Å². The highest BCUT2D eigenvalue weighted by atomic mass is 32.2. The molecule has 1 aliphatic rings. The number of esters is 1. The zero-order valence-corrected chi connectivity index (χ0v) is 23.9. The molecule has 0 aromatic heterocycles. The van der Waals surface area contributed by atoms with Gasteiger partial charge in [-0.2, -0.15) is 4.31 Å². The highest BCUT2D eigenvalue weighted by molar-refractivity contribution is 7.89.